The third-order valence-electron chi connectivity index (χ3n) is 2.03. The first-order chi connectivity index (χ1) is 7.24. The van der Waals surface area contributed by atoms with Crippen molar-refractivity contribution >= 4 is 11.5 Å². The van der Waals surface area contributed by atoms with Gasteiger partial charge in [-0.25, -0.2) is 0 Å². The molecular weight excluding hydrogens is 188 g/mol. The highest BCUT2D eigenvalue weighted by Gasteiger charge is 2.07. The van der Waals surface area contributed by atoms with Gasteiger partial charge in [0.05, 0.1) is 19.0 Å². The number of hydrogen-bond acceptors (Lipinski definition) is 3. The molecule has 78 valence electrons. The lowest BCUT2D eigenvalue weighted by molar-refractivity contribution is -0.115. The van der Waals surface area contributed by atoms with Crippen LogP contribution in [0, 0.1) is 11.3 Å². The Labute approximate surface area is 89.9 Å². The van der Waals surface area contributed by atoms with Crippen LogP contribution in [0.2, 0.25) is 0 Å². The molecule has 0 fully saturated rings. The van der Waals surface area contributed by atoms with Crippen molar-refractivity contribution in [2.24, 2.45) is 0 Å². The number of rotatable bonds is 5. The molecule has 0 aromatic heterocycles. The van der Waals surface area contributed by atoms with Crippen molar-refractivity contribution in [3.63, 3.8) is 0 Å². The van der Waals surface area contributed by atoms with Gasteiger partial charge in [0.15, 0.2) is 0 Å². The molecule has 3 nitrogen and oxygen atoms in total. The maximum atomic E-state index is 11.1. The first-order valence-corrected chi connectivity index (χ1v) is 4.90. The quantitative estimate of drug-likeness (QED) is 0.733. The van der Waals surface area contributed by atoms with Crippen molar-refractivity contribution in [2.45, 2.75) is 13.3 Å². The fourth-order valence-corrected chi connectivity index (χ4v) is 1.39. The van der Waals surface area contributed by atoms with Crippen molar-refractivity contribution in [2.75, 3.05) is 18.0 Å². The van der Waals surface area contributed by atoms with Gasteiger partial charge in [0.25, 0.3) is 0 Å². The van der Waals surface area contributed by atoms with Crippen LogP contribution in [0.4, 0.5) is 5.69 Å². The number of carbonyl (C=O) groups is 1. The molecule has 1 aromatic carbocycles. The minimum Gasteiger partial charge on any atom is -0.363 e. The minimum atomic E-state index is 0.108. The van der Waals surface area contributed by atoms with E-state index in [0.717, 1.165) is 5.69 Å². The van der Waals surface area contributed by atoms with Gasteiger partial charge >= 0.3 is 0 Å². The summed E-state index contributed by atoms with van der Waals surface area (Å²) in [6.07, 6.45) is 0.433. The predicted molar refractivity (Wildman–Crippen MR) is 59.6 cm³/mol. The zero-order chi connectivity index (χ0) is 11.1. The van der Waals surface area contributed by atoms with E-state index in [1.165, 1.54) is 0 Å². The van der Waals surface area contributed by atoms with Crippen molar-refractivity contribution < 1.29 is 4.79 Å². The van der Waals surface area contributed by atoms with Crippen LogP contribution in [0.1, 0.15) is 13.3 Å². The number of benzene rings is 1. The van der Waals surface area contributed by atoms with Crippen LogP contribution in [-0.4, -0.2) is 18.9 Å². The van der Waals surface area contributed by atoms with Gasteiger partial charge in [-0.2, -0.15) is 5.26 Å². The first kappa shape index (κ1) is 11.3. The van der Waals surface area contributed by atoms with E-state index < -0.39 is 0 Å². The standard InChI is InChI=1S/C12H14N2O/c1-11(15)10-14(9-5-8-13)12-6-3-2-4-7-12/h2-4,6-7H,5,9-10H2,1H3. The molecule has 1 rings (SSSR count). The van der Waals surface area contributed by atoms with E-state index in [1.807, 2.05) is 35.2 Å². The molecule has 0 aliphatic heterocycles. The van der Waals surface area contributed by atoms with Crippen molar-refractivity contribution in [1.82, 2.24) is 0 Å². The largest absolute Gasteiger partial charge is 0.363 e. The van der Waals surface area contributed by atoms with Gasteiger partial charge in [-0.15, -0.1) is 0 Å². The smallest absolute Gasteiger partial charge is 0.149 e. The lowest BCUT2D eigenvalue weighted by Gasteiger charge is -2.22. The van der Waals surface area contributed by atoms with Gasteiger partial charge in [-0.1, -0.05) is 18.2 Å². The number of para-hydroxylation sites is 1. The Balaban J connectivity index is 2.72. The van der Waals surface area contributed by atoms with E-state index in [4.69, 9.17) is 5.26 Å². The number of hydrogen-bond donors (Lipinski definition) is 0. The Bertz CT molecular complexity index is 354. The first-order valence-electron chi connectivity index (χ1n) is 4.90. The minimum absolute atomic E-state index is 0.108. The molecule has 0 radical (unpaired) electrons. The Hall–Kier alpha value is -1.82. The van der Waals surface area contributed by atoms with E-state index in [1.54, 1.807) is 6.92 Å². The van der Waals surface area contributed by atoms with Crippen molar-refractivity contribution in [1.29, 1.82) is 5.26 Å². The molecule has 1 aromatic rings. The summed E-state index contributed by atoms with van der Waals surface area (Å²) in [4.78, 5) is 13.0. The van der Waals surface area contributed by atoms with Crippen LogP contribution in [0.3, 0.4) is 0 Å². The maximum absolute atomic E-state index is 11.1. The molecule has 0 saturated carbocycles. The van der Waals surface area contributed by atoms with Gasteiger partial charge in [0.1, 0.15) is 5.78 Å². The van der Waals surface area contributed by atoms with Gasteiger partial charge < -0.3 is 4.90 Å². The number of nitrogens with zero attached hydrogens (tertiary/aromatic N) is 2. The second-order valence-electron chi connectivity index (χ2n) is 3.37. The average molecular weight is 202 g/mol. The summed E-state index contributed by atoms with van der Waals surface area (Å²) in [6, 6.07) is 11.8. The third kappa shape index (κ3) is 3.82. The molecule has 0 bridgehead atoms. The number of ketones is 1. The Morgan fingerprint density at radius 1 is 1.40 bits per heavy atom. The fraction of sp³-hybridized carbons (Fsp3) is 0.333. The van der Waals surface area contributed by atoms with Crippen LogP contribution in [-0.2, 0) is 4.79 Å². The molecule has 0 N–H and O–H groups in total. The van der Waals surface area contributed by atoms with Crippen LogP contribution < -0.4 is 4.90 Å². The van der Waals surface area contributed by atoms with E-state index in [9.17, 15) is 4.79 Å². The van der Waals surface area contributed by atoms with Crippen molar-refractivity contribution in [3.8, 4) is 6.07 Å². The van der Waals surface area contributed by atoms with Gasteiger partial charge in [-0.3, -0.25) is 4.79 Å². The fourth-order valence-electron chi connectivity index (χ4n) is 1.39. The average Bonchev–Trinajstić information content (AvgIpc) is 2.25. The normalized spacial score (nSPS) is 9.33. The maximum Gasteiger partial charge on any atom is 0.149 e. The molecule has 0 unspecified atom stereocenters. The summed E-state index contributed by atoms with van der Waals surface area (Å²) in [5.41, 5.74) is 0.989. The zero-order valence-electron chi connectivity index (χ0n) is 8.81. The second-order valence-corrected chi connectivity index (χ2v) is 3.37. The number of anilines is 1. The summed E-state index contributed by atoms with van der Waals surface area (Å²) in [5.74, 6) is 0.108. The van der Waals surface area contributed by atoms with Crippen LogP contribution in [0.15, 0.2) is 30.3 Å². The molecule has 0 amide bonds. The molecule has 15 heavy (non-hydrogen) atoms. The molecule has 0 aliphatic rings. The highest BCUT2D eigenvalue weighted by atomic mass is 16.1. The van der Waals surface area contributed by atoms with Gasteiger partial charge in [-0.05, 0) is 19.1 Å². The Morgan fingerprint density at radius 2 is 2.07 bits per heavy atom. The highest BCUT2D eigenvalue weighted by Crippen LogP contribution is 2.13. The number of Topliss-reactive ketones (excluding diaryl/α,β-unsaturated/α-hetero) is 1. The SMILES string of the molecule is CC(=O)CN(CCC#N)c1ccccc1. The monoisotopic (exact) mass is 202 g/mol. The van der Waals surface area contributed by atoms with Crippen molar-refractivity contribution in [3.05, 3.63) is 30.3 Å². The van der Waals surface area contributed by atoms with Crippen LogP contribution in [0.25, 0.3) is 0 Å². The topological polar surface area (TPSA) is 44.1 Å². The zero-order valence-corrected chi connectivity index (χ0v) is 8.81. The Morgan fingerprint density at radius 3 is 2.60 bits per heavy atom. The number of nitriles is 1. The molecule has 0 aliphatic carbocycles. The van der Waals surface area contributed by atoms with Gasteiger partial charge in [0.2, 0.25) is 0 Å². The summed E-state index contributed by atoms with van der Waals surface area (Å²) >= 11 is 0. The Kier molecular flexibility index (Phi) is 4.36. The van der Waals surface area contributed by atoms with E-state index in [-0.39, 0.29) is 5.78 Å². The second kappa shape index (κ2) is 5.82. The summed E-state index contributed by atoms with van der Waals surface area (Å²) in [5, 5.41) is 8.53. The number of carbonyl (C=O) groups excluding carboxylic acids is 1. The van der Waals surface area contributed by atoms with E-state index in [0.29, 0.717) is 19.5 Å². The molecule has 3 heteroatoms. The lowest BCUT2D eigenvalue weighted by atomic mass is 10.2. The molecule has 0 atom stereocenters. The third-order valence-corrected chi connectivity index (χ3v) is 2.03. The summed E-state index contributed by atoms with van der Waals surface area (Å²) in [7, 11) is 0. The summed E-state index contributed by atoms with van der Waals surface area (Å²) < 4.78 is 0. The molecule has 0 spiro atoms. The molecule has 0 saturated heterocycles. The highest BCUT2D eigenvalue weighted by molar-refractivity contribution is 5.81. The van der Waals surface area contributed by atoms with Gasteiger partial charge in [0, 0.05) is 12.2 Å². The predicted octanol–water partition coefficient (Wildman–Crippen LogP) is 2.00. The molecule has 0 heterocycles. The molecular formula is C12H14N2O. The lowest BCUT2D eigenvalue weighted by Crippen LogP contribution is -2.29. The van der Waals surface area contributed by atoms with E-state index >= 15 is 0 Å². The summed E-state index contributed by atoms with van der Waals surface area (Å²) in [6.45, 7) is 2.52. The van der Waals surface area contributed by atoms with Crippen LogP contribution in [0.5, 0.6) is 0 Å². The van der Waals surface area contributed by atoms with Crippen LogP contribution >= 0.6 is 0 Å². The van der Waals surface area contributed by atoms with E-state index in [2.05, 4.69) is 6.07 Å².